The van der Waals surface area contributed by atoms with Crippen molar-refractivity contribution in [2.24, 2.45) is 0 Å². The second-order valence-electron chi connectivity index (χ2n) is 5.11. The number of hydrogen-bond donors (Lipinski definition) is 1. The van der Waals surface area contributed by atoms with Gasteiger partial charge in [0.15, 0.2) is 4.34 Å². The van der Waals surface area contributed by atoms with Crippen LogP contribution < -0.4 is 14.8 Å². The largest absolute Gasteiger partial charge is 0.497 e. The summed E-state index contributed by atoms with van der Waals surface area (Å²) in [5.41, 5.74) is 1.67. The number of rotatable bonds is 7. The van der Waals surface area contributed by atoms with Crippen LogP contribution in [-0.2, 0) is 4.79 Å². The van der Waals surface area contributed by atoms with E-state index in [2.05, 4.69) is 10.3 Å². The van der Waals surface area contributed by atoms with Crippen molar-refractivity contribution in [3.8, 4) is 11.5 Å². The second-order valence-corrected chi connectivity index (χ2v) is 7.36. The molecule has 0 aliphatic rings. The van der Waals surface area contributed by atoms with Crippen molar-refractivity contribution in [2.75, 3.05) is 24.8 Å². The maximum atomic E-state index is 12.1. The van der Waals surface area contributed by atoms with Crippen LogP contribution in [0.2, 0.25) is 0 Å². The summed E-state index contributed by atoms with van der Waals surface area (Å²) in [4.78, 5) is 16.6. The number of methoxy groups -OCH3 is 1. The highest BCUT2D eigenvalue weighted by Gasteiger charge is 2.09. The van der Waals surface area contributed by atoms with Crippen LogP contribution in [0.1, 0.15) is 6.92 Å². The Morgan fingerprint density at radius 3 is 2.68 bits per heavy atom. The van der Waals surface area contributed by atoms with E-state index in [-0.39, 0.29) is 5.91 Å². The van der Waals surface area contributed by atoms with Gasteiger partial charge in [0.05, 0.1) is 29.7 Å². The molecule has 3 rings (SSSR count). The summed E-state index contributed by atoms with van der Waals surface area (Å²) >= 11 is 3.00. The molecule has 2 aromatic carbocycles. The summed E-state index contributed by atoms with van der Waals surface area (Å²) in [6.07, 6.45) is 0. The molecule has 3 aromatic rings. The van der Waals surface area contributed by atoms with Crippen molar-refractivity contribution < 1.29 is 14.3 Å². The monoisotopic (exact) mass is 374 g/mol. The fraction of sp³-hybridized carbons (Fsp3) is 0.222. The highest BCUT2D eigenvalue weighted by Crippen LogP contribution is 2.32. The Morgan fingerprint density at radius 2 is 1.96 bits per heavy atom. The lowest BCUT2D eigenvalue weighted by Gasteiger charge is -2.05. The van der Waals surface area contributed by atoms with Crippen molar-refractivity contribution in [1.29, 1.82) is 0 Å². The molecule has 0 fully saturated rings. The number of carbonyl (C=O) groups excluding carboxylic acids is 1. The van der Waals surface area contributed by atoms with Gasteiger partial charge in [0, 0.05) is 5.69 Å². The molecule has 0 saturated heterocycles. The van der Waals surface area contributed by atoms with Gasteiger partial charge in [-0.3, -0.25) is 4.79 Å². The van der Waals surface area contributed by atoms with E-state index in [0.29, 0.717) is 12.4 Å². The van der Waals surface area contributed by atoms with Crippen LogP contribution >= 0.6 is 23.1 Å². The molecule has 0 unspecified atom stereocenters. The number of carbonyl (C=O) groups is 1. The van der Waals surface area contributed by atoms with E-state index in [1.807, 2.05) is 49.4 Å². The highest BCUT2D eigenvalue weighted by molar-refractivity contribution is 8.01. The van der Waals surface area contributed by atoms with E-state index in [1.54, 1.807) is 18.4 Å². The van der Waals surface area contributed by atoms with Crippen LogP contribution in [0.5, 0.6) is 11.5 Å². The van der Waals surface area contributed by atoms with Crippen LogP contribution in [0.15, 0.2) is 46.8 Å². The zero-order chi connectivity index (χ0) is 17.6. The van der Waals surface area contributed by atoms with Gasteiger partial charge in [0.25, 0.3) is 0 Å². The minimum Gasteiger partial charge on any atom is -0.497 e. The number of thioether (sulfide) groups is 1. The number of thiazole rings is 1. The molecule has 130 valence electrons. The third-order valence-corrected chi connectivity index (χ3v) is 5.51. The van der Waals surface area contributed by atoms with Gasteiger partial charge in [0.1, 0.15) is 11.5 Å². The first-order valence-electron chi connectivity index (χ1n) is 7.78. The van der Waals surface area contributed by atoms with E-state index in [9.17, 15) is 4.79 Å². The third-order valence-electron chi connectivity index (χ3n) is 3.35. The Labute approximate surface area is 154 Å². The molecule has 0 radical (unpaired) electrons. The van der Waals surface area contributed by atoms with Gasteiger partial charge in [0.2, 0.25) is 5.91 Å². The number of fused-ring (bicyclic) bond motifs is 1. The van der Waals surface area contributed by atoms with E-state index in [1.165, 1.54) is 11.8 Å². The predicted octanol–water partition coefficient (Wildman–Crippen LogP) is 4.43. The van der Waals surface area contributed by atoms with Crippen molar-refractivity contribution in [1.82, 2.24) is 4.98 Å². The van der Waals surface area contributed by atoms with Crippen LogP contribution in [0, 0.1) is 0 Å². The zero-order valence-corrected chi connectivity index (χ0v) is 15.6. The number of ether oxygens (including phenoxy) is 2. The molecule has 1 heterocycles. The topological polar surface area (TPSA) is 60.5 Å². The number of aromatic nitrogens is 1. The Morgan fingerprint density at radius 1 is 1.20 bits per heavy atom. The molecular formula is C18H18N2O3S2. The van der Waals surface area contributed by atoms with Crippen LogP contribution in [-0.4, -0.2) is 30.4 Å². The molecule has 1 aromatic heterocycles. The minimum atomic E-state index is -0.0653. The van der Waals surface area contributed by atoms with Crippen molar-refractivity contribution in [3.05, 3.63) is 42.5 Å². The molecular weight excluding hydrogens is 356 g/mol. The predicted molar refractivity (Wildman–Crippen MR) is 103 cm³/mol. The first kappa shape index (κ1) is 17.6. The maximum Gasteiger partial charge on any atom is 0.234 e. The minimum absolute atomic E-state index is 0.0653. The molecule has 1 amide bonds. The SMILES string of the molecule is CCOc1ccc2nc(SCC(=O)Nc3ccc(OC)cc3)sc2c1. The number of hydrogen-bond acceptors (Lipinski definition) is 6. The number of nitrogens with one attached hydrogen (secondary N) is 1. The Hall–Kier alpha value is -2.25. The molecule has 0 aliphatic heterocycles. The summed E-state index contributed by atoms with van der Waals surface area (Å²) in [7, 11) is 1.61. The van der Waals surface area contributed by atoms with Gasteiger partial charge in [-0.15, -0.1) is 11.3 Å². The Balaban J connectivity index is 1.58. The maximum absolute atomic E-state index is 12.1. The highest BCUT2D eigenvalue weighted by atomic mass is 32.2. The lowest BCUT2D eigenvalue weighted by Crippen LogP contribution is -2.13. The van der Waals surface area contributed by atoms with Crippen molar-refractivity contribution in [2.45, 2.75) is 11.3 Å². The van der Waals surface area contributed by atoms with Crippen molar-refractivity contribution in [3.63, 3.8) is 0 Å². The standard InChI is InChI=1S/C18H18N2O3S2/c1-3-23-14-8-9-15-16(10-14)25-18(20-15)24-11-17(21)19-12-4-6-13(22-2)7-5-12/h4-10H,3,11H2,1-2H3,(H,19,21). The molecule has 0 spiro atoms. The van der Waals surface area contributed by atoms with Gasteiger partial charge in [-0.1, -0.05) is 11.8 Å². The summed E-state index contributed by atoms with van der Waals surface area (Å²) < 4.78 is 12.5. The van der Waals surface area contributed by atoms with Gasteiger partial charge < -0.3 is 14.8 Å². The molecule has 0 atom stereocenters. The first-order chi connectivity index (χ1) is 12.2. The second kappa shape index (κ2) is 8.22. The molecule has 0 saturated carbocycles. The normalized spacial score (nSPS) is 10.6. The Bertz CT molecular complexity index is 862. The molecule has 7 heteroatoms. The Kier molecular flexibility index (Phi) is 5.78. The quantitative estimate of drug-likeness (QED) is 0.620. The number of anilines is 1. The van der Waals surface area contributed by atoms with Gasteiger partial charge in [-0.2, -0.15) is 0 Å². The first-order valence-corrected chi connectivity index (χ1v) is 9.58. The van der Waals surface area contributed by atoms with Gasteiger partial charge >= 0.3 is 0 Å². The average molecular weight is 374 g/mol. The fourth-order valence-corrected chi connectivity index (χ4v) is 4.10. The van der Waals surface area contributed by atoms with Crippen LogP contribution in [0.3, 0.4) is 0 Å². The summed E-state index contributed by atoms with van der Waals surface area (Å²) in [6, 6.07) is 13.1. The lowest BCUT2D eigenvalue weighted by molar-refractivity contribution is -0.113. The van der Waals surface area contributed by atoms with E-state index >= 15 is 0 Å². The van der Waals surface area contributed by atoms with Crippen molar-refractivity contribution >= 4 is 44.9 Å². The summed E-state index contributed by atoms with van der Waals surface area (Å²) in [6.45, 7) is 2.59. The zero-order valence-electron chi connectivity index (χ0n) is 13.9. The third kappa shape index (κ3) is 4.64. The smallest absolute Gasteiger partial charge is 0.234 e. The summed E-state index contributed by atoms with van der Waals surface area (Å²) in [5, 5.41) is 2.86. The van der Waals surface area contributed by atoms with E-state index in [4.69, 9.17) is 9.47 Å². The average Bonchev–Trinajstić information content (AvgIpc) is 3.03. The van der Waals surface area contributed by atoms with E-state index in [0.717, 1.165) is 31.7 Å². The number of nitrogens with zero attached hydrogens (tertiary/aromatic N) is 1. The molecule has 0 bridgehead atoms. The van der Waals surface area contributed by atoms with Gasteiger partial charge in [-0.25, -0.2) is 4.98 Å². The molecule has 25 heavy (non-hydrogen) atoms. The van der Waals surface area contributed by atoms with Crippen LogP contribution in [0.4, 0.5) is 5.69 Å². The lowest BCUT2D eigenvalue weighted by atomic mass is 10.3. The van der Waals surface area contributed by atoms with Gasteiger partial charge in [-0.05, 0) is 49.4 Å². The summed E-state index contributed by atoms with van der Waals surface area (Å²) in [5.74, 6) is 1.84. The number of amides is 1. The molecule has 1 N–H and O–H groups in total. The fourth-order valence-electron chi connectivity index (χ4n) is 2.20. The molecule has 0 aliphatic carbocycles. The molecule has 5 nitrogen and oxygen atoms in total. The number of benzene rings is 2. The van der Waals surface area contributed by atoms with E-state index < -0.39 is 0 Å². The van der Waals surface area contributed by atoms with Crippen LogP contribution in [0.25, 0.3) is 10.2 Å².